The minimum Gasteiger partial charge on any atom is -0.457 e. The molecule has 1 aliphatic rings. The first-order chi connectivity index (χ1) is 12.8. The molecule has 0 bridgehead atoms. The van der Waals surface area contributed by atoms with Crippen LogP contribution < -0.4 is 4.74 Å². The molecule has 0 heterocycles. The number of aryl methyl sites for hydroxylation is 1. The van der Waals surface area contributed by atoms with E-state index in [0.717, 1.165) is 12.8 Å². The van der Waals surface area contributed by atoms with E-state index in [2.05, 4.69) is 36.4 Å². The Labute approximate surface area is 153 Å². The van der Waals surface area contributed by atoms with Gasteiger partial charge in [0.05, 0.1) is 5.56 Å². The minimum atomic E-state index is -0.384. The van der Waals surface area contributed by atoms with E-state index in [1.54, 1.807) is 24.3 Å². The van der Waals surface area contributed by atoms with Gasteiger partial charge in [-0.3, -0.25) is 0 Å². The van der Waals surface area contributed by atoms with Gasteiger partial charge in [0.2, 0.25) is 6.79 Å². The molecule has 0 aromatic heterocycles. The number of benzene rings is 3. The SMILES string of the molecule is O=C(OCOc1ccc(C2CCc3ccccc32)cc1)c1ccccc1. The molecule has 1 unspecified atom stereocenters. The Hall–Kier alpha value is -3.07. The highest BCUT2D eigenvalue weighted by atomic mass is 16.7. The summed E-state index contributed by atoms with van der Waals surface area (Å²) in [6, 6.07) is 25.6. The fraction of sp³-hybridized carbons (Fsp3) is 0.174. The molecule has 3 heteroatoms. The topological polar surface area (TPSA) is 35.5 Å². The Morgan fingerprint density at radius 1 is 0.885 bits per heavy atom. The van der Waals surface area contributed by atoms with E-state index in [1.807, 2.05) is 18.2 Å². The first-order valence-electron chi connectivity index (χ1n) is 8.84. The molecule has 0 fully saturated rings. The molecule has 4 rings (SSSR count). The summed E-state index contributed by atoms with van der Waals surface area (Å²) in [5.41, 5.74) is 4.69. The highest BCUT2D eigenvalue weighted by molar-refractivity contribution is 5.89. The fourth-order valence-corrected chi connectivity index (χ4v) is 3.51. The van der Waals surface area contributed by atoms with Crippen LogP contribution in [0.4, 0.5) is 0 Å². The molecule has 0 saturated heterocycles. The zero-order valence-corrected chi connectivity index (χ0v) is 14.4. The Balaban J connectivity index is 1.35. The number of carbonyl (C=O) groups is 1. The van der Waals surface area contributed by atoms with Crippen LogP contribution in [0.1, 0.15) is 39.4 Å². The van der Waals surface area contributed by atoms with Gasteiger partial charge < -0.3 is 9.47 Å². The predicted octanol–water partition coefficient (Wildman–Crippen LogP) is 4.96. The van der Waals surface area contributed by atoms with Crippen molar-refractivity contribution in [1.82, 2.24) is 0 Å². The van der Waals surface area contributed by atoms with E-state index < -0.39 is 0 Å². The van der Waals surface area contributed by atoms with Crippen LogP contribution in [0.15, 0.2) is 78.9 Å². The van der Waals surface area contributed by atoms with Gasteiger partial charge in [0, 0.05) is 5.92 Å². The molecule has 1 atom stereocenters. The maximum Gasteiger partial charge on any atom is 0.340 e. The molecule has 0 radical (unpaired) electrons. The van der Waals surface area contributed by atoms with E-state index in [4.69, 9.17) is 9.47 Å². The Kier molecular flexibility index (Phi) is 4.69. The molecule has 0 amide bonds. The lowest BCUT2D eigenvalue weighted by atomic mass is 9.93. The molecule has 0 saturated carbocycles. The lowest BCUT2D eigenvalue weighted by Crippen LogP contribution is -2.10. The number of carbonyl (C=O) groups excluding carboxylic acids is 1. The highest BCUT2D eigenvalue weighted by Crippen LogP contribution is 2.38. The van der Waals surface area contributed by atoms with Gasteiger partial charge in [-0.05, 0) is 53.8 Å². The number of fused-ring (bicyclic) bond motifs is 1. The molecule has 3 nitrogen and oxygen atoms in total. The van der Waals surface area contributed by atoms with Crippen LogP contribution in [-0.2, 0) is 11.2 Å². The van der Waals surface area contributed by atoms with Crippen molar-refractivity contribution in [3.8, 4) is 5.75 Å². The average molecular weight is 344 g/mol. The van der Waals surface area contributed by atoms with Crippen LogP contribution in [0, 0.1) is 0 Å². The van der Waals surface area contributed by atoms with Gasteiger partial charge in [0.25, 0.3) is 0 Å². The van der Waals surface area contributed by atoms with Crippen LogP contribution >= 0.6 is 0 Å². The van der Waals surface area contributed by atoms with Crippen LogP contribution in [0.2, 0.25) is 0 Å². The molecule has 26 heavy (non-hydrogen) atoms. The van der Waals surface area contributed by atoms with Crippen LogP contribution in [0.3, 0.4) is 0 Å². The maximum absolute atomic E-state index is 11.9. The van der Waals surface area contributed by atoms with Gasteiger partial charge in [-0.15, -0.1) is 0 Å². The van der Waals surface area contributed by atoms with Crippen molar-refractivity contribution in [3.63, 3.8) is 0 Å². The summed E-state index contributed by atoms with van der Waals surface area (Å²) in [4.78, 5) is 11.9. The van der Waals surface area contributed by atoms with Crippen LogP contribution in [0.25, 0.3) is 0 Å². The van der Waals surface area contributed by atoms with Crippen molar-refractivity contribution in [2.75, 3.05) is 6.79 Å². The predicted molar refractivity (Wildman–Crippen MR) is 100 cm³/mol. The van der Waals surface area contributed by atoms with E-state index in [-0.39, 0.29) is 12.8 Å². The zero-order valence-electron chi connectivity index (χ0n) is 14.4. The summed E-state index contributed by atoms with van der Waals surface area (Å²) in [5, 5.41) is 0. The molecule has 130 valence electrons. The summed E-state index contributed by atoms with van der Waals surface area (Å²) in [5.74, 6) is 0.766. The molecular formula is C23H20O3. The Morgan fingerprint density at radius 3 is 2.42 bits per heavy atom. The number of esters is 1. The molecular weight excluding hydrogens is 324 g/mol. The molecule has 0 N–H and O–H groups in total. The van der Waals surface area contributed by atoms with Gasteiger partial charge in [0.1, 0.15) is 5.75 Å². The Bertz CT molecular complexity index is 885. The summed E-state index contributed by atoms with van der Waals surface area (Å²) in [7, 11) is 0. The third-order valence-corrected chi connectivity index (χ3v) is 4.84. The van der Waals surface area contributed by atoms with Gasteiger partial charge >= 0.3 is 5.97 Å². The second kappa shape index (κ2) is 7.44. The van der Waals surface area contributed by atoms with Crippen molar-refractivity contribution >= 4 is 5.97 Å². The molecule has 1 aliphatic carbocycles. The van der Waals surface area contributed by atoms with Crippen molar-refractivity contribution < 1.29 is 14.3 Å². The molecule has 3 aromatic carbocycles. The van der Waals surface area contributed by atoms with Crippen molar-refractivity contribution in [3.05, 3.63) is 101 Å². The lowest BCUT2D eigenvalue weighted by molar-refractivity contribution is 0.0154. The summed E-state index contributed by atoms with van der Waals surface area (Å²) in [6.07, 6.45) is 2.28. The van der Waals surface area contributed by atoms with Crippen LogP contribution in [-0.4, -0.2) is 12.8 Å². The number of rotatable bonds is 5. The standard InChI is InChI=1S/C23H20O3/c24-23(19-7-2-1-3-8-19)26-16-25-20-13-10-18(11-14-20)22-15-12-17-6-4-5-9-21(17)22/h1-11,13-14,22H,12,15-16H2. The van der Waals surface area contributed by atoms with E-state index >= 15 is 0 Å². The van der Waals surface area contributed by atoms with E-state index in [1.165, 1.54) is 16.7 Å². The van der Waals surface area contributed by atoms with E-state index in [0.29, 0.717) is 17.2 Å². The quantitative estimate of drug-likeness (QED) is 0.485. The number of hydrogen-bond donors (Lipinski definition) is 0. The third-order valence-electron chi connectivity index (χ3n) is 4.84. The maximum atomic E-state index is 11.9. The second-order valence-electron chi connectivity index (χ2n) is 6.42. The largest absolute Gasteiger partial charge is 0.457 e. The van der Waals surface area contributed by atoms with Crippen molar-refractivity contribution in [1.29, 1.82) is 0 Å². The van der Waals surface area contributed by atoms with Crippen molar-refractivity contribution in [2.24, 2.45) is 0 Å². The van der Waals surface area contributed by atoms with Gasteiger partial charge in [0.15, 0.2) is 0 Å². The third kappa shape index (κ3) is 3.47. The average Bonchev–Trinajstić information content (AvgIpc) is 3.13. The van der Waals surface area contributed by atoms with Gasteiger partial charge in [-0.2, -0.15) is 0 Å². The molecule has 0 spiro atoms. The summed E-state index contributed by atoms with van der Waals surface area (Å²) < 4.78 is 10.7. The fourth-order valence-electron chi connectivity index (χ4n) is 3.51. The smallest absolute Gasteiger partial charge is 0.340 e. The van der Waals surface area contributed by atoms with Gasteiger partial charge in [-0.1, -0.05) is 54.6 Å². The summed E-state index contributed by atoms with van der Waals surface area (Å²) >= 11 is 0. The van der Waals surface area contributed by atoms with Gasteiger partial charge in [-0.25, -0.2) is 4.79 Å². The number of ether oxygens (including phenoxy) is 2. The lowest BCUT2D eigenvalue weighted by Gasteiger charge is -2.13. The summed E-state index contributed by atoms with van der Waals surface area (Å²) in [6.45, 7) is -0.0979. The van der Waals surface area contributed by atoms with Crippen molar-refractivity contribution in [2.45, 2.75) is 18.8 Å². The monoisotopic (exact) mass is 344 g/mol. The molecule has 3 aromatic rings. The zero-order chi connectivity index (χ0) is 17.8. The normalized spacial score (nSPS) is 15.3. The highest BCUT2D eigenvalue weighted by Gasteiger charge is 2.23. The van der Waals surface area contributed by atoms with Crippen LogP contribution in [0.5, 0.6) is 5.75 Å². The molecule has 0 aliphatic heterocycles. The first-order valence-corrected chi connectivity index (χ1v) is 8.84. The van der Waals surface area contributed by atoms with E-state index in [9.17, 15) is 4.79 Å². The Morgan fingerprint density at radius 2 is 1.62 bits per heavy atom. The first kappa shape index (κ1) is 16.4. The second-order valence-corrected chi connectivity index (χ2v) is 6.42. The number of hydrogen-bond acceptors (Lipinski definition) is 3. The minimum absolute atomic E-state index is 0.0979.